The van der Waals surface area contributed by atoms with E-state index in [2.05, 4.69) is 0 Å². The second-order valence-corrected chi connectivity index (χ2v) is 7.64. The molecule has 9 heteroatoms. The predicted octanol–water partition coefficient (Wildman–Crippen LogP) is 2.59. The Kier molecular flexibility index (Phi) is 5.70. The van der Waals surface area contributed by atoms with E-state index in [1.165, 1.54) is 15.9 Å². The second-order valence-electron chi connectivity index (χ2n) is 6.69. The van der Waals surface area contributed by atoms with Crippen molar-refractivity contribution in [3.63, 3.8) is 0 Å². The first-order chi connectivity index (χ1) is 14.6. The van der Waals surface area contributed by atoms with Crippen LogP contribution in [0.3, 0.4) is 0 Å². The first kappa shape index (κ1) is 19.9. The van der Waals surface area contributed by atoms with E-state index in [-0.39, 0.29) is 42.7 Å². The van der Waals surface area contributed by atoms with E-state index in [1.807, 2.05) is 36.4 Å². The number of hydrogen-bond donors (Lipinski definition) is 0. The van der Waals surface area contributed by atoms with Crippen LogP contribution in [0.15, 0.2) is 48.5 Å². The van der Waals surface area contributed by atoms with E-state index in [9.17, 15) is 14.4 Å². The van der Waals surface area contributed by atoms with Crippen LogP contribution in [0.1, 0.15) is 21.5 Å². The molecule has 4 rings (SSSR count). The molecule has 0 bridgehead atoms. The van der Waals surface area contributed by atoms with Gasteiger partial charge in [-0.1, -0.05) is 30.3 Å². The smallest absolute Gasteiger partial charge is 0.292 e. The van der Waals surface area contributed by atoms with Crippen molar-refractivity contribution in [1.82, 2.24) is 9.80 Å². The molecule has 1 fully saturated rings. The molecule has 0 spiro atoms. The van der Waals surface area contributed by atoms with Crippen molar-refractivity contribution in [3.8, 4) is 11.8 Å². The maximum Gasteiger partial charge on any atom is 0.292 e. The minimum Gasteiger partial charge on any atom is -0.472 e. The van der Waals surface area contributed by atoms with Crippen LogP contribution in [0.4, 0.5) is 4.79 Å². The number of thioether (sulfide) groups is 1. The number of fused-ring (bicyclic) bond motifs is 1. The Morgan fingerprint density at radius 3 is 2.73 bits per heavy atom. The Labute approximate surface area is 177 Å². The summed E-state index contributed by atoms with van der Waals surface area (Å²) in [5, 5.41) is 8.30. The maximum atomic E-state index is 12.7. The van der Waals surface area contributed by atoms with Crippen molar-refractivity contribution in [3.05, 3.63) is 65.2 Å². The number of rotatable bonds is 6. The lowest BCUT2D eigenvalue weighted by molar-refractivity contribution is -0.130. The van der Waals surface area contributed by atoms with Gasteiger partial charge in [-0.2, -0.15) is 5.26 Å². The molecular formula is C21H17N3O5S. The van der Waals surface area contributed by atoms with E-state index in [4.69, 9.17) is 14.7 Å². The van der Waals surface area contributed by atoms with Crippen molar-refractivity contribution in [2.75, 3.05) is 19.9 Å². The Hall–Kier alpha value is -3.35. The number of nitriles is 1. The number of carbonyl (C=O) groups excluding carboxylic acids is 3. The lowest BCUT2D eigenvalue weighted by Crippen LogP contribution is -2.43. The fraction of sp³-hybridized carbons (Fsp3) is 0.238. The first-order valence-electron chi connectivity index (χ1n) is 9.21. The predicted molar refractivity (Wildman–Crippen MR) is 107 cm³/mol. The van der Waals surface area contributed by atoms with Crippen molar-refractivity contribution in [2.45, 2.75) is 12.8 Å². The molecule has 0 N–H and O–H groups in total. The summed E-state index contributed by atoms with van der Waals surface area (Å²) in [5.74, 6) is 0.152. The molecule has 30 heavy (non-hydrogen) atoms. The SMILES string of the molecule is N#Cc1ccc2c(c1)C(=O)N(CCOC1C(=O)SC(=O)N1Cc1ccccc1)CO2. The van der Waals surface area contributed by atoms with Gasteiger partial charge in [0.1, 0.15) is 5.75 Å². The van der Waals surface area contributed by atoms with E-state index in [0.29, 0.717) is 28.6 Å². The summed E-state index contributed by atoms with van der Waals surface area (Å²) in [4.78, 5) is 39.9. The molecule has 2 aliphatic rings. The van der Waals surface area contributed by atoms with Gasteiger partial charge < -0.3 is 14.4 Å². The quantitative estimate of drug-likeness (QED) is 0.704. The van der Waals surface area contributed by atoms with E-state index in [0.717, 1.165) is 5.56 Å². The molecule has 0 aliphatic carbocycles. The van der Waals surface area contributed by atoms with Gasteiger partial charge in [-0.05, 0) is 23.8 Å². The van der Waals surface area contributed by atoms with Crippen LogP contribution in [0.2, 0.25) is 0 Å². The molecule has 8 nitrogen and oxygen atoms in total. The zero-order valence-corrected chi connectivity index (χ0v) is 16.6. The number of nitrogens with zero attached hydrogens (tertiary/aromatic N) is 3. The standard InChI is InChI=1S/C21H17N3O5S/c22-11-15-6-7-17-16(10-15)18(25)23(13-29-17)8-9-28-19-20(26)30-21(27)24(19)12-14-4-2-1-3-5-14/h1-7,10,19H,8-9,12-13H2. The average Bonchev–Trinajstić information content (AvgIpc) is 3.03. The summed E-state index contributed by atoms with van der Waals surface area (Å²) in [6, 6.07) is 16.0. The molecule has 0 aromatic heterocycles. The fourth-order valence-electron chi connectivity index (χ4n) is 3.21. The largest absolute Gasteiger partial charge is 0.472 e. The van der Waals surface area contributed by atoms with Crippen molar-refractivity contribution in [1.29, 1.82) is 5.26 Å². The van der Waals surface area contributed by atoms with Gasteiger partial charge in [0.25, 0.3) is 11.1 Å². The third-order valence-electron chi connectivity index (χ3n) is 4.74. The summed E-state index contributed by atoms with van der Waals surface area (Å²) in [6.07, 6.45) is -0.999. The van der Waals surface area contributed by atoms with Gasteiger partial charge in [0.2, 0.25) is 11.3 Å². The van der Waals surface area contributed by atoms with Crippen LogP contribution >= 0.6 is 11.8 Å². The molecule has 1 saturated heterocycles. The molecule has 1 atom stereocenters. The first-order valence-corrected chi connectivity index (χ1v) is 10.0. The van der Waals surface area contributed by atoms with Crippen molar-refractivity contribution >= 4 is 28.0 Å². The normalized spacial score (nSPS) is 18.2. The van der Waals surface area contributed by atoms with Crippen LogP contribution in [-0.2, 0) is 16.1 Å². The Balaban J connectivity index is 1.38. The molecule has 0 saturated carbocycles. The minimum atomic E-state index is -0.999. The molecular weight excluding hydrogens is 406 g/mol. The van der Waals surface area contributed by atoms with Crippen LogP contribution in [0.5, 0.6) is 5.75 Å². The highest BCUT2D eigenvalue weighted by Gasteiger charge is 2.40. The molecule has 2 aromatic carbocycles. The molecule has 2 amide bonds. The monoisotopic (exact) mass is 423 g/mol. The van der Waals surface area contributed by atoms with Crippen molar-refractivity contribution in [2.24, 2.45) is 0 Å². The van der Waals surface area contributed by atoms with Crippen LogP contribution in [-0.4, -0.2) is 52.2 Å². The minimum absolute atomic E-state index is 0.0428. The highest BCUT2D eigenvalue weighted by Crippen LogP contribution is 2.29. The van der Waals surface area contributed by atoms with Gasteiger partial charge in [-0.15, -0.1) is 0 Å². The van der Waals surface area contributed by atoms with E-state index in [1.54, 1.807) is 12.1 Å². The fourth-order valence-corrected chi connectivity index (χ4v) is 3.96. The number of amides is 2. The topological polar surface area (TPSA) is 99.9 Å². The maximum absolute atomic E-state index is 12.7. The number of hydrogen-bond acceptors (Lipinski definition) is 7. The summed E-state index contributed by atoms with van der Waals surface area (Å²) in [7, 11) is 0. The molecule has 1 unspecified atom stereocenters. The lowest BCUT2D eigenvalue weighted by atomic mass is 10.1. The summed E-state index contributed by atoms with van der Waals surface area (Å²) in [5.41, 5.74) is 1.57. The summed E-state index contributed by atoms with van der Waals surface area (Å²) in [6.45, 7) is 0.537. The van der Waals surface area contributed by atoms with Gasteiger partial charge in [-0.25, -0.2) is 0 Å². The van der Waals surface area contributed by atoms with E-state index < -0.39 is 6.23 Å². The molecule has 2 heterocycles. The highest BCUT2D eigenvalue weighted by atomic mass is 32.2. The van der Waals surface area contributed by atoms with Gasteiger partial charge in [0.05, 0.1) is 23.8 Å². The molecule has 2 aliphatic heterocycles. The van der Waals surface area contributed by atoms with Crippen molar-refractivity contribution < 1.29 is 23.9 Å². The van der Waals surface area contributed by atoms with Crippen LogP contribution in [0, 0.1) is 11.3 Å². The van der Waals surface area contributed by atoms with Crippen LogP contribution < -0.4 is 4.74 Å². The third kappa shape index (κ3) is 4.01. The van der Waals surface area contributed by atoms with Gasteiger partial charge >= 0.3 is 0 Å². The molecule has 152 valence electrons. The molecule has 0 radical (unpaired) electrons. The summed E-state index contributed by atoms with van der Waals surface area (Å²) < 4.78 is 11.3. The van der Waals surface area contributed by atoms with Gasteiger partial charge in [0.15, 0.2) is 6.73 Å². The molecule has 2 aromatic rings. The second kappa shape index (κ2) is 8.57. The zero-order valence-electron chi connectivity index (χ0n) is 15.8. The van der Waals surface area contributed by atoms with Crippen LogP contribution in [0.25, 0.3) is 0 Å². The third-order valence-corrected chi connectivity index (χ3v) is 5.55. The number of carbonyl (C=O) groups is 3. The Morgan fingerprint density at radius 1 is 1.17 bits per heavy atom. The zero-order chi connectivity index (χ0) is 21.1. The summed E-state index contributed by atoms with van der Waals surface area (Å²) >= 11 is 0.624. The lowest BCUT2D eigenvalue weighted by Gasteiger charge is -2.29. The van der Waals surface area contributed by atoms with Gasteiger partial charge in [0, 0.05) is 24.9 Å². The number of ether oxygens (including phenoxy) is 2. The average molecular weight is 423 g/mol. The number of benzene rings is 2. The van der Waals surface area contributed by atoms with Gasteiger partial charge in [-0.3, -0.25) is 19.3 Å². The Morgan fingerprint density at radius 2 is 1.97 bits per heavy atom. The van der Waals surface area contributed by atoms with E-state index >= 15 is 0 Å². The highest BCUT2D eigenvalue weighted by molar-refractivity contribution is 8.26. The Bertz CT molecular complexity index is 1040.